The van der Waals surface area contributed by atoms with Gasteiger partial charge in [-0.25, -0.2) is 0 Å². The molecule has 106 valence electrons. The Kier molecular flexibility index (Phi) is 3.58. The molecule has 4 nitrogen and oxygen atoms in total. The van der Waals surface area contributed by atoms with Crippen LogP contribution >= 0.6 is 11.3 Å². The molecule has 1 aliphatic rings. The van der Waals surface area contributed by atoms with Crippen molar-refractivity contribution in [2.45, 2.75) is 12.8 Å². The van der Waals surface area contributed by atoms with Crippen molar-refractivity contribution in [3.05, 3.63) is 63.4 Å². The zero-order chi connectivity index (χ0) is 14.8. The maximum atomic E-state index is 12.0. The summed E-state index contributed by atoms with van der Waals surface area (Å²) in [4.78, 5) is 16.8. The van der Waals surface area contributed by atoms with Crippen molar-refractivity contribution in [1.82, 2.24) is 0 Å². The molecule has 1 amide bonds. The third-order valence-electron chi connectivity index (χ3n) is 3.43. The lowest BCUT2D eigenvalue weighted by Crippen LogP contribution is -2.24. The highest BCUT2D eigenvalue weighted by atomic mass is 32.1. The van der Waals surface area contributed by atoms with E-state index < -0.39 is 5.91 Å². The van der Waals surface area contributed by atoms with Crippen molar-refractivity contribution in [1.29, 1.82) is 0 Å². The van der Waals surface area contributed by atoms with Gasteiger partial charge in [0.1, 0.15) is 0 Å². The van der Waals surface area contributed by atoms with E-state index in [2.05, 4.69) is 22.5 Å². The fraction of sp³-hybridized carbons (Fsp3) is 0.125. The van der Waals surface area contributed by atoms with Gasteiger partial charge in [-0.15, -0.1) is 11.3 Å². The summed E-state index contributed by atoms with van der Waals surface area (Å²) in [6.07, 6.45) is 4.23. The summed E-state index contributed by atoms with van der Waals surface area (Å²) >= 11 is 1.70. The molecule has 0 unspecified atom stereocenters. The van der Waals surface area contributed by atoms with Crippen LogP contribution in [0, 0.1) is 0 Å². The summed E-state index contributed by atoms with van der Waals surface area (Å²) in [5.74, 6) is -0.624. The number of aliphatic imine (C=N–C) groups is 1. The predicted molar refractivity (Wildman–Crippen MR) is 86.3 cm³/mol. The Morgan fingerprint density at radius 2 is 2.10 bits per heavy atom. The minimum absolute atomic E-state index is 0.216. The van der Waals surface area contributed by atoms with E-state index in [0.29, 0.717) is 5.56 Å². The zero-order valence-electron chi connectivity index (χ0n) is 11.4. The van der Waals surface area contributed by atoms with Crippen molar-refractivity contribution in [3.8, 4) is 0 Å². The Balaban J connectivity index is 2.05. The van der Waals surface area contributed by atoms with Gasteiger partial charge in [-0.05, 0) is 53.1 Å². The Bertz CT molecular complexity index is 741. The lowest BCUT2D eigenvalue weighted by molar-refractivity contribution is 0.100. The van der Waals surface area contributed by atoms with Crippen molar-refractivity contribution >= 4 is 28.8 Å². The Morgan fingerprint density at radius 3 is 2.81 bits per heavy atom. The molecule has 0 saturated heterocycles. The van der Waals surface area contributed by atoms with E-state index >= 15 is 0 Å². The van der Waals surface area contributed by atoms with E-state index in [-0.39, 0.29) is 5.96 Å². The Hall–Kier alpha value is -2.40. The maximum absolute atomic E-state index is 12.0. The average molecular weight is 297 g/mol. The third kappa shape index (κ3) is 2.73. The Morgan fingerprint density at radius 1 is 1.24 bits per heavy atom. The molecule has 1 aromatic carbocycles. The highest BCUT2D eigenvalue weighted by molar-refractivity contribution is 7.11. The number of hydrogen-bond acceptors (Lipinski definition) is 2. The minimum Gasteiger partial charge on any atom is -0.370 e. The van der Waals surface area contributed by atoms with Gasteiger partial charge in [0.05, 0.1) is 0 Å². The van der Waals surface area contributed by atoms with Crippen LogP contribution in [0.25, 0.3) is 5.57 Å². The lowest BCUT2D eigenvalue weighted by Gasteiger charge is -2.17. The maximum Gasteiger partial charge on any atom is 0.280 e. The van der Waals surface area contributed by atoms with Gasteiger partial charge in [-0.3, -0.25) is 4.79 Å². The SMILES string of the molecule is NC(N)=NC(=O)c1ccc2c(c1)C(c1cccs1)=CCC2. The molecule has 0 spiro atoms. The lowest BCUT2D eigenvalue weighted by atomic mass is 9.88. The number of nitrogens with two attached hydrogens (primary N) is 2. The summed E-state index contributed by atoms with van der Waals surface area (Å²) in [7, 11) is 0. The molecule has 3 rings (SSSR count). The Labute approximate surface area is 126 Å². The molecule has 0 fully saturated rings. The normalized spacial score (nSPS) is 13.2. The van der Waals surface area contributed by atoms with E-state index in [9.17, 15) is 4.79 Å². The van der Waals surface area contributed by atoms with Crippen molar-refractivity contribution in [2.24, 2.45) is 16.5 Å². The van der Waals surface area contributed by atoms with Crippen LogP contribution in [0.5, 0.6) is 0 Å². The topological polar surface area (TPSA) is 81.5 Å². The number of carbonyl (C=O) groups is 1. The van der Waals surface area contributed by atoms with Gasteiger partial charge in [0.15, 0.2) is 5.96 Å². The van der Waals surface area contributed by atoms with Crippen molar-refractivity contribution in [2.75, 3.05) is 0 Å². The number of hydrogen-bond donors (Lipinski definition) is 2. The second-order valence-corrected chi connectivity index (χ2v) is 5.80. The number of fused-ring (bicyclic) bond motifs is 1. The van der Waals surface area contributed by atoms with Gasteiger partial charge in [-0.2, -0.15) is 4.99 Å². The van der Waals surface area contributed by atoms with Gasteiger partial charge in [-0.1, -0.05) is 18.2 Å². The van der Waals surface area contributed by atoms with Crippen LogP contribution in [0.4, 0.5) is 0 Å². The molecule has 1 heterocycles. The van der Waals surface area contributed by atoms with Gasteiger partial charge < -0.3 is 11.5 Å². The standard InChI is InChI=1S/C16H15N3OS/c17-16(18)19-15(20)11-7-6-10-3-1-4-12(13(10)9-11)14-5-2-8-21-14/h2,4-9H,1,3H2,(H4,17,18,19,20). The van der Waals surface area contributed by atoms with Crippen LogP contribution in [0.2, 0.25) is 0 Å². The summed E-state index contributed by atoms with van der Waals surface area (Å²) < 4.78 is 0. The number of rotatable bonds is 2. The van der Waals surface area contributed by atoms with E-state index in [1.807, 2.05) is 18.2 Å². The second-order valence-electron chi connectivity index (χ2n) is 4.85. The number of allylic oxidation sites excluding steroid dienone is 1. The molecule has 0 saturated carbocycles. The molecule has 0 bridgehead atoms. The highest BCUT2D eigenvalue weighted by Crippen LogP contribution is 2.34. The molecule has 5 heteroatoms. The highest BCUT2D eigenvalue weighted by Gasteiger charge is 2.17. The van der Waals surface area contributed by atoms with Crippen LogP contribution in [-0.4, -0.2) is 11.9 Å². The smallest absolute Gasteiger partial charge is 0.280 e. The van der Waals surface area contributed by atoms with Gasteiger partial charge in [0, 0.05) is 10.4 Å². The van der Waals surface area contributed by atoms with E-state index in [1.54, 1.807) is 17.4 Å². The molecular weight excluding hydrogens is 282 g/mol. The molecule has 1 aliphatic carbocycles. The first kappa shape index (κ1) is 13.6. The molecule has 0 aliphatic heterocycles. The molecule has 0 radical (unpaired) electrons. The van der Waals surface area contributed by atoms with Gasteiger partial charge >= 0.3 is 0 Å². The molecular formula is C16H15N3OS. The number of aryl methyl sites for hydroxylation is 1. The summed E-state index contributed by atoms with van der Waals surface area (Å²) in [5.41, 5.74) is 14.6. The van der Waals surface area contributed by atoms with E-state index in [0.717, 1.165) is 18.4 Å². The monoisotopic (exact) mass is 297 g/mol. The summed E-state index contributed by atoms with van der Waals surface area (Å²) in [6.45, 7) is 0. The summed E-state index contributed by atoms with van der Waals surface area (Å²) in [6, 6.07) is 9.78. The summed E-state index contributed by atoms with van der Waals surface area (Å²) in [5, 5.41) is 2.05. The molecule has 0 atom stereocenters. The minimum atomic E-state index is -0.408. The fourth-order valence-corrected chi connectivity index (χ4v) is 3.29. The van der Waals surface area contributed by atoms with Crippen LogP contribution in [-0.2, 0) is 6.42 Å². The number of thiophene rings is 1. The van der Waals surface area contributed by atoms with Crippen LogP contribution in [0.3, 0.4) is 0 Å². The van der Waals surface area contributed by atoms with Crippen LogP contribution in [0.1, 0.15) is 32.8 Å². The zero-order valence-corrected chi connectivity index (χ0v) is 12.2. The first-order valence-corrected chi connectivity index (χ1v) is 7.54. The van der Waals surface area contributed by atoms with Crippen LogP contribution in [0.15, 0.2) is 46.8 Å². The molecule has 21 heavy (non-hydrogen) atoms. The quantitative estimate of drug-likeness (QED) is 0.660. The van der Waals surface area contributed by atoms with Crippen molar-refractivity contribution < 1.29 is 4.79 Å². The fourth-order valence-electron chi connectivity index (χ4n) is 2.51. The number of amides is 1. The predicted octanol–water partition coefficient (Wildman–Crippen LogP) is 2.54. The largest absolute Gasteiger partial charge is 0.370 e. The molecule has 4 N–H and O–H groups in total. The first-order valence-electron chi connectivity index (χ1n) is 6.66. The van der Waals surface area contributed by atoms with Crippen LogP contribution < -0.4 is 11.5 Å². The number of guanidine groups is 1. The number of nitrogens with zero attached hydrogens (tertiary/aromatic N) is 1. The van der Waals surface area contributed by atoms with Gasteiger partial charge in [0.2, 0.25) is 0 Å². The molecule has 2 aromatic rings. The molecule has 1 aromatic heterocycles. The average Bonchev–Trinajstić information content (AvgIpc) is 2.99. The first-order chi connectivity index (χ1) is 10.1. The number of benzene rings is 1. The second kappa shape index (κ2) is 5.54. The third-order valence-corrected chi connectivity index (χ3v) is 4.33. The van der Waals surface area contributed by atoms with Crippen molar-refractivity contribution in [3.63, 3.8) is 0 Å². The van der Waals surface area contributed by atoms with E-state index in [4.69, 9.17) is 11.5 Å². The van der Waals surface area contributed by atoms with E-state index in [1.165, 1.54) is 16.0 Å². The number of carbonyl (C=O) groups excluding carboxylic acids is 1. The van der Waals surface area contributed by atoms with Gasteiger partial charge in [0.25, 0.3) is 5.91 Å².